The van der Waals surface area contributed by atoms with Crippen LogP contribution in [0.5, 0.6) is 0 Å². The van der Waals surface area contributed by atoms with Crippen molar-refractivity contribution in [3.05, 3.63) is 88.8 Å². The molecule has 0 aliphatic carbocycles. The minimum atomic E-state index is -0.110. The monoisotopic (exact) mass is 480 g/mol. The van der Waals surface area contributed by atoms with Crippen LogP contribution in [0.3, 0.4) is 0 Å². The number of rotatable bonds is 9. The fourth-order valence-corrected chi connectivity index (χ4v) is 6.24. The maximum absolute atomic E-state index is 3.71. The normalized spacial score (nSPS) is 19.5. The molecule has 0 saturated heterocycles. The molecule has 36 heavy (non-hydrogen) atoms. The molecule has 3 N–H and O–H groups in total. The van der Waals surface area contributed by atoms with Crippen LogP contribution >= 0.6 is 0 Å². The van der Waals surface area contributed by atoms with Gasteiger partial charge in [0, 0.05) is 39.1 Å². The highest BCUT2D eigenvalue weighted by molar-refractivity contribution is 5.88. The van der Waals surface area contributed by atoms with Gasteiger partial charge < -0.3 is 20.2 Å². The maximum Gasteiger partial charge on any atom is 0.0616 e. The quantitative estimate of drug-likeness (QED) is 0.239. The van der Waals surface area contributed by atoms with E-state index in [1.165, 1.54) is 49.9 Å². The van der Waals surface area contributed by atoms with E-state index in [2.05, 4.69) is 108 Å². The zero-order valence-electron chi connectivity index (χ0n) is 22.4. The predicted molar refractivity (Wildman–Crippen MR) is 155 cm³/mol. The third kappa shape index (κ3) is 4.33. The molecule has 0 bridgehead atoms. The second kappa shape index (κ2) is 10.1. The lowest BCUT2D eigenvalue weighted by Crippen LogP contribution is -2.23. The minimum absolute atomic E-state index is 0.110. The van der Waals surface area contributed by atoms with Gasteiger partial charge in [0.15, 0.2) is 0 Å². The highest BCUT2D eigenvalue weighted by atomic mass is 15.1. The first-order valence-corrected chi connectivity index (χ1v) is 13.3. The number of para-hydroxylation sites is 2. The van der Waals surface area contributed by atoms with Crippen LogP contribution < -0.4 is 10.6 Å². The first-order valence-electron chi connectivity index (χ1n) is 13.3. The van der Waals surface area contributed by atoms with Crippen LogP contribution in [0.25, 0.3) is 27.9 Å². The molecule has 0 spiro atoms. The lowest BCUT2D eigenvalue weighted by molar-refractivity contribution is 0.439. The van der Waals surface area contributed by atoms with E-state index in [4.69, 9.17) is 0 Å². The zero-order chi connectivity index (χ0) is 25.3. The summed E-state index contributed by atoms with van der Waals surface area (Å²) in [6.07, 6.45) is 10.4. The van der Waals surface area contributed by atoms with Crippen molar-refractivity contribution in [3.63, 3.8) is 0 Å². The third-order valence-electron chi connectivity index (χ3n) is 7.76. The van der Waals surface area contributed by atoms with Crippen molar-refractivity contribution in [2.24, 2.45) is 0 Å². The van der Waals surface area contributed by atoms with Gasteiger partial charge in [0.2, 0.25) is 0 Å². The summed E-state index contributed by atoms with van der Waals surface area (Å²) >= 11 is 0. The van der Waals surface area contributed by atoms with Crippen molar-refractivity contribution >= 4 is 27.9 Å². The summed E-state index contributed by atoms with van der Waals surface area (Å²) in [7, 11) is 4.07. The molecule has 4 aromatic rings. The first kappa shape index (κ1) is 24.6. The number of aromatic nitrogens is 2. The van der Waals surface area contributed by atoms with Gasteiger partial charge in [0.05, 0.1) is 5.54 Å². The van der Waals surface area contributed by atoms with Gasteiger partial charge in [-0.1, -0.05) is 54.1 Å². The van der Waals surface area contributed by atoms with Gasteiger partial charge in [-0.3, -0.25) is 0 Å². The molecular weight excluding hydrogens is 440 g/mol. The van der Waals surface area contributed by atoms with E-state index in [0.717, 1.165) is 32.4 Å². The predicted octanol–water partition coefficient (Wildman–Crippen LogP) is 6.53. The first-order chi connectivity index (χ1) is 17.5. The summed E-state index contributed by atoms with van der Waals surface area (Å²) in [4.78, 5) is 3.71. The molecule has 0 unspecified atom stereocenters. The van der Waals surface area contributed by atoms with Gasteiger partial charge in [-0.15, -0.1) is 0 Å². The Labute approximate surface area is 215 Å². The van der Waals surface area contributed by atoms with E-state index in [0.29, 0.717) is 5.92 Å². The Morgan fingerprint density at radius 3 is 2.36 bits per heavy atom. The molecule has 4 heteroatoms. The number of fused-ring (bicyclic) bond motifs is 4. The summed E-state index contributed by atoms with van der Waals surface area (Å²) in [5, 5.41) is 9.42. The smallest absolute Gasteiger partial charge is 0.0616 e. The maximum atomic E-state index is 3.71. The number of nitrogens with one attached hydrogen (secondary N) is 3. The Bertz CT molecular complexity index is 1430. The molecule has 2 atom stereocenters. The molecule has 5 rings (SSSR count). The molecule has 0 amide bonds. The van der Waals surface area contributed by atoms with E-state index >= 15 is 0 Å². The van der Waals surface area contributed by atoms with Crippen LogP contribution in [0, 0.1) is 0 Å². The highest BCUT2D eigenvalue weighted by Crippen LogP contribution is 2.49. The lowest BCUT2D eigenvalue weighted by Gasteiger charge is -2.25. The molecule has 2 aromatic carbocycles. The second-order valence-electron chi connectivity index (χ2n) is 10.7. The topological polar surface area (TPSA) is 44.8 Å². The van der Waals surface area contributed by atoms with Gasteiger partial charge >= 0.3 is 0 Å². The molecular formula is C32H40N4. The molecule has 4 nitrogen and oxygen atoms in total. The Kier molecular flexibility index (Phi) is 6.92. The molecule has 188 valence electrons. The molecule has 1 aliphatic heterocycles. The lowest BCUT2D eigenvalue weighted by atomic mass is 9.88. The number of benzene rings is 2. The summed E-state index contributed by atoms with van der Waals surface area (Å²) < 4.78 is 2.64. The van der Waals surface area contributed by atoms with Gasteiger partial charge in [0.25, 0.3) is 0 Å². The zero-order valence-corrected chi connectivity index (χ0v) is 22.4. The Hall–Kier alpha value is -3.08. The number of H-pyrrole nitrogens is 1. The Balaban J connectivity index is 1.65. The summed E-state index contributed by atoms with van der Waals surface area (Å²) in [6, 6.07) is 17.7. The standard InChI is InChI=1S/C32H40N4/c1-22(2)20-23-21-32(3,36-30-13-9-7-11-26(30)27(31(23)36)16-19-34-5)17-14-29-25(15-18-33-4)24-10-6-8-12-28(24)35-29/h6-14,17,20,23,33-35H,15-16,18-19,21H2,1-5H3/b17-14+/t23-,32+/m0/s1. The largest absolute Gasteiger partial charge is 0.355 e. The molecule has 2 aromatic heterocycles. The summed E-state index contributed by atoms with van der Waals surface area (Å²) in [5.41, 5.74) is 9.45. The van der Waals surface area contributed by atoms with Gasteiger partial charge in [-0.05, 0) is 96.6 Å². The van der Waals surface area contributed by atoms with Crippen LogP contribution in [-0.4, -0.2) is 36.7 Å². The summed E-state index contributed by atoms with van der Waals surface area (Å²) in [5.74, 6) is 0.412. The average Bonchev–Trinajstić information content (AvgIpc) is 3.48. The van der Waals surface area contributed by atoms with Crippen LogP contribution in [0.15, 0.2) is 66.3 Å². The van der Waals surface area contributed by atoms with E-state index in [1.807, 2.05) is 14.1 Å². The second-order valence-corrected chi connectivity index (χ2v) is 10.7. The van der Waals surface area contributed by atoms with Gasteiger partial charge in [0.1, 0.15) is 0 Å². The summed E-state index contributed by atoms with van der Waals surface area (Å²) in [6.45, 7) is 8.81. The number of nitrogens with zero attached hydrogens (tertiary/aromatic N) is 1. The third-order valence-corrected chi connectivity index (χ3v) is 7.76. The van der Waals surface area contributed by atoms with Crippen LogP contribution in [-0.2, 0) is 18.4 Å². The minimum Gasteiger partial charge on any atom is -0.355 e. The van der Waals surface area contributed by atoms with Crippen LogP contribution in [0.1, 0.15) is 55.6 Å². The molecule has 3 heterocycles. The van der Waals surface area contributed by atoms with Gasteiger partial charge in [-0.2, -0.15) is 0 Å². The van der Waals surface area contributed by atoms with E-state index in [1.54, 1.807) is 0 Å². The number of allylic oxidation sites excluding steroid dienone is 3. The van der Waals surface area contributed by atoms with E-state index in [9.17, 15) is 0 Å². The average molecular weight is 481 g/mol. The Morgan fingerprint density at radius 2 is 1.64 bits per heavy atom. The van der Waals surface area contributed by atoms with Crippen molar-refractivity contribution < 1.29 is 0 Å². The number of hydrogen-bond acceptors (Lipinski definition) is 2. The van der Waals surface area contributed by atoms with E-state index < -0.39 is 0 Å². The van der Waals surface area contributed by atoms with Gasteiger partial charge in [-0.25, -0.2) is 0 Å². The molecule has 0 saturated carbocycles. The number of likely N-dealkylation sites (N-methyl/N-ethyl adjacent to an activating group) is 2. The van der Waals surface area contributed by atoms with Crippen LogP contribution in [0.4, 0.5) is 0 Å². The van der Waals surface area contributed by atoms with Crippen molar-refractivity contribution in [1.82, 2.24) is 20.2 Å². The fourth-order valence-electron chi connectivity index (χ4n) is 6.24. The van der Waals surface area contributed by atoms with Crippen molar-refractivity contribution in [3.8, 4) is 0 Å². The molecule has 0 fully saturated rings. The van der Waals surface area contributed by atoms with Crippen molar-refractivity contribution in [2.45, 2.75) is 51.5 Å². The fraction of sp³-hybridized carbons (Fsp3) is 0.375. The Morgan fingerprint density at radius 1 is 0.972 bits per heavy atom. The van der Waals surface area contributed by atoms with E-state index in [-0.39, 0.29) is 5.54 Å². The highest BCUT2D eigenvalue weighted by Gasteiger charge is 2.40. The molecule has 0 radical (unpaired) electrons. The van der Waals surface area contributed by atoms with Crippen LogP contribution in [0.2, 0.25) is 0 Å². The van der Waals surface area contributed by atoms with Crippen molar-refractivity contribution in [2.75, 3.05) is 27.2 Å². The number of hydrogen-bond donors (Lipinski definition) is 3. The van der Waals surface area contributed by atoms with Crippen molar-refractivity contribution in [1.29, 1.82) is 0 Å². The number of aromatic amines is 1. The SMILES string of the molecule is CNCCc1c(/C=C/[C@]2(C)C[C@H](C=C(C)C)c3c(CCNC)c4ccccc4n32)[nH]c2ccccc12. The molecule has 1 aliphatic rings.